The first-order chi connectivity index (χ1) is 10.1. The van der Waals surface area contributed by atoms with Crippen LogP contribution in [0.25, 0.3) is 0 Å². The average Bonchev–Trinajstić information content (AvgIpc) is 2.48. The van der Waals surface area contributed by atoms with Crippen molar-refractivity contribution >= 4 is 11.9 Å². The number of carboxylic acid groups (broad SMARTS) is 1. The average molecular weight is 283 g/mol. The number of aryl methyl sites for hydroxylation is 1. The summed E-state index contributed by atoms with van der Waals surface area (Å²) in [6.45, 7) is 2.42. The minimum atomic E-state index is -0.936. The molecular weight excluding hydrogens is 266 g/mol. The van der Waals surface area contributed by atoms with Crippen LogP contribution in [-0.4, -0.2) is 23.5 Å². The zero-order valence-electron chi connectivity index (χ0n) is 11.8. The highest BCUT2D eigenvalue weighted by molar-refractivity contribution is 5.95. The fourth-order valence-corrected chi connectivity index (χ4v) is 2.06. The SMILES string of the molecule is Cc1ccccc1C(=O)NCCc1ccc(C(=O)O)cc1. The molecule has 0 bridgehead atoms. The largest absolute Gasteiger partial charge is 0.478 e. The summed E-state index contributed by atoms with van der Waals surface area (Å²) in [6.07, 6.45) is 0.664. The molecule has 2 aromatic rings. The second kappa shape index (κ2) is 6.70. The van der Waals surface area contributed by atoms with Crippen molar-refractivity contribution in [3.63, 3.8) is 0 Å². The van der Waals surface area contributed by atoms with Gasteiger partial charge < -0.3 is 10.4 Å². The van der Waals surface area contributed by atoms with E-state index in [1.54, 1.807) is 30.3 Å². The molecule has 0 spiro atoms. The maximum absolute atomic E-state index is 12.0. The monoisotopic (exact) mass is 283 g/mol. The Morgan fingerprint density at radius 3 is 2.33 bits per heavy atom. The van der Waals surface area contributed by atoms with Crippen LogP contribution >= 0.6 is 0 Å². The summed E-state index contributed by atoms with van der Waals surface area (Å²) in [6, 6.07) is 14.1. The van der Waals surface area contributed by atoms with Crippen LogP contribution < -0.4 is 5.32 Å². The minimum Gasteiger partial charge on any atom is -0.478 e. The van der Waals surface area contributed by atoms with E-state index in [1.165, 1.54) is 0 Å². The van der Waals surface area contributed by atoms with Crippen molar-refractivity contribution in [1.82, 2.24) is 5.32 Å². The van der Waals surface area contributed by atoms with E-state index in [0.717, 1.165) is 11.1 Å². The molecule has 0 aliphatic rings. The predicted octanol–water partition coefficient (Wildman–Crippen LogP) is 2.67. The van der Waals surface area contributed by atoms with Crippen LogP contribution in [0.2, 0.25) is 0 Å². The summed E-state index contributed by atoms with van der Waals surface area (Å²) >= 11 is 0. The van der Waals surface area contributed by atoms with Gasteiger partial charge in [0.25, 0.3) is 5.91 Å². The number of amides is 1. The van der Waals surface area contributed by atoms with Crippen LogP contribution in [0.15, 0.2) is 48.5 Å². The molecule has 0 heterocycles. The second-order valence-corrected chi connectivity index (χ2v) is 4.82. The van der Waals surface area contributed by atoms with Crippen molar-refractivity contribution < 1.29 is 14.7 Å². The van der Waals surface area contributed by atoms with Gasteiger partial charge in [-0.3, -0.25) is 4.79 Å². The van der Waals surface area contributed by atoms with Gasteiger partial charge in [0.15, 0.2) is 0 Å². The van der Waals surface area contributed by atoms with Crippen molar-refractivity contribution in [2.75, 3.05) is 6.54 Å². The number of carbonyl (C=O) groups is 2. The Bertz CT molecular complexity index is 647. The van der Waals surface area contributed by atoms with Crippen LogP contribution in [0, 0.1) is 6.92 Å². The Balaban J connectivity index is 1.88. The summed E-state index contributed by atoms with van der Waals surface area (Å²) in [4.78, 5) is 22.8. The molecule has 4 heteroatoms. The fourth-order valence-electron chi connectivity index (χ4n) is 2.06. The lowest BCUT2D eigenvalue weighted by Crippen LogP contribution is -2.26. The number of carbonyl (C=O) groups excluding carboxylic acids is 1. The molecule has 2 aromatic carbocycles. The van der Waals surface area contributed by atoms with E-state index in [9.17, 15) is 9.59 Å². The molecule has 0 aromatic heterocycles. The van der Waals surface area contributed by atoms with E-state index >= 15 is 0 Å². The van der Waals surface area contributed by atoms with Gasteiger partial charge in [0.2, 0.25) is 0 Å². The molecule has 21 heavy (non-hydrogen) atoms. The van der Waals surface area contributed by atoms with Gasteiger partial charge in [0.05, 0.1) is 5.56 Å². The first-order valence-electron chi connectivity index (χ1n) is 6.74. The maximum atomic E-state index is 12.0. The number of hydrogen-bond acceptors (Lipinski definition) is 2. The highest BCUT2D eigenvalue weighted by Crippen LogP contribution is 2.07. The smallest absolute Gasteiger partial charge is 0.335 e. The van der Waals surface area contributed by atoms with Gasteiger partial charge >= 0.3 is 5.97 Å². The molecule has 2 rings (SSSR count). The van der Waals surface area contributed by atoms with Crippen LogP contribution in [0.1, 0.15) is 31.8 Å². The Kier molecular flexibility index (Phi) is 4.72. The topological polar surface area (TPSA) is 66.4 Å². The summed E-state index contributed by atoms with van der Waals surface area (Å²) in [5, 5.41) is 11.7. The summed E-state index contributed by atoms with van der Waals surface area (Å²) in [7, 11) is 0. The van der Waals surface area contributed by atoms with Crippen molar-refractivity contribution in [2.24, 2.45) is 0 Å². The van der Waals surface area contributed by atoms with Gasteiger partial charge in [-0.2, -0.15) is 0 Å². The number of aromatic carboxylic acids is 1. The molecule has 0 saturated heterocycles. The third-order valence-corrected chi connectivity index (χ3v) is 3.29. The number of hydrogen-bond donors (Lipinski definition) is 2. The van der Waals surface area contributed by atoms with Crippen LogP contribution in [0.3, 0.4) is 0 Å². The lowest BCUT2D eigenvalue weighted by Gasteiger charge is -2.07. The van der Waals surface area contributed by atoms with E-state index in [-0.39, 0.29) is 11.5 Å². The molecule has 108 valence electrons. The van der Waals surface area contributed by atoms with E-state index < -0.39 is 5.97 Å². The highest BCUT2D eigenvalue weighted by Gasteiger charge is 2.07. The van der Waals surface area contributed by atoms with Gasteiger partial charge in [0.1, 0.15) is 0 Å². The van der Waals surface area contributed by atoms with Gasteiger partial charge in [-0.15, -0.1) is 0 Å². The molecule has 4 nitrogen and oxygen atoms in total. The first-order valence-corrected chi connectivity index (χ1v) is 6.74. The number of benzene rings is 2. The van der Waals surface area contributed by atoms with Crippen molar-refractivity contribution in [3.8, 4) is 0 Å². The normalized spacial score (nSPS) is 10.1. The highest BCUT2D eigenvalue weighted by atomic mass is 16.4. The standard InChI is InChI=1S/C17H17NO3/c1-12-4-2-3-5-15(12)16(19)18-11-10-13-6-8-14(9-7-13)17(20)21/h2-9H,10-11H2,1H3,(H,18,19)(H,20,21). The third-order valence-electron chi connectivity index (χ3n) is 3.29. The van der Waals surface area contributed by atoms with Gasteiger partial charge in [-0.25, -0.2) is 4.79 Å². The van der Waals surface area contributed by atoms with Crippen LogP contribution in [0.4, 0.5) is 0 Å². The Labute approximate surface area is 123 Å². The van der Waals surface area contributed by atoms with Gasteiger partial charge in [0, 0.05) is 12.1 Å². The quantitative estimate of drug-likeness (QED) is 0.886. The van der Waals surface area contributed by atoms with E-state index in [4.69, 9.17) is 5.11 Å². The molecule has 0 aliphatic carbocycles. The molecular formula is C17H17NO3. The van der Waals surface area contributed by atoms with Crippen molar-refractivity contribution in [3.05, 3.63) is 70.8 Å². The Morgan fingerprint density at radius 1 is 1.05 bits per heavy atom. The summed E-state index contributed by atoms with van der Waals surface area (Å²) in [5.74, 6) is -1.02. The predicted molar refractivity (Wildman–Crippen MR) is 80.6 cm³/mol. The molecule has 0 aliphatic heterocycles. The van der Waals surface area contributed by atoms with Crippen molar-refractivity contribution in [2.45, 2.75) is 13.3 Å². The molecule has 0 fully saturated rings. The summed E-state index contributed by atoms with van der Waals surface area (Å²) in [5.41, 5.74) is 2.88. The van der Waals surface area contributed by atoms with E-state index in [0.29, 0.717) is 18.5 Å². The van der Waals surface area contributed by atoms with Gasteiger partial charge in [-0.1, -0.05) is 30.3 Å². The second-order valence-electron chi connectivity index (χ2n) is 4.82. The Hall–Kier alpha value is -2.62. The molecule has 0 atom stereocenters. The minimum absolute atomic E-state index is 0.0877. The van der Waals surface area contributed by atoms with Crippen molar-refractivity contribution in [1.29, 1.82) is 0 Å². The van der Waals surface area contributed by atoms with Crippen LogP contribution in [0.5, 0.6) is 0 Å². The van der Waals surface area contributed by atoms with Crippen LogP contribution in [-0.2, 0) is 6.42 Å². The number of carboxylic acids is 1. The maximum Gasteiger partial charge on any atom is 0.335 e. The summed E-state index contributed by atoms with van der Waals surface area (Å²) < 4.78 is 0. The molecule has 0 unspecified atom stereocenters. The number of nitrogens with one attached hydrogen (secondary N) is 1. The zero-order valence-corrected chi connectivity index (χ0v) is 11.8. The third kappa shape index (κ3) is 3.92. The van der Waals surface area contributed by atoms with E-state index in [1.807, 2.05) is 25.1 Å². The zero-order chi connectivity index (χ0) is 15.2. The van der Waals surface area contributed by atoms with E-state index in [2.05, 4.69) is 5.32 Å². The molecule has 0 radical (unpaired) electrons. The lowest BCUT2D eigenvalue weighted by molar-refractivity contribution is 0.0696. The lowest BCUT2D eigenvalue weighted by atomic mass is 10.1. The molecule has 1 amide bonds. The Morgan fingerprint density at radius 2 is 1.71 bits per heavy atom. The van der Waals surface area contributed by atoms with Gasteiger partial charge in [-0.05, 0) is 42.7 Å². The molecule has 2 N–H and O–H groups in total. The molecule has 0 saturated carbocycles. The fraction of sp³-hybridized carbons (Fsp3) is 0.176. The first kappa shape index (κ1) is 14.8. The number of rotatable bonds is 5.